The maximum absolute atomic E-state index is 13.1. The lowest BCUT2D eigenvalue weighted by molar-refractivity contribution is -0.131. The van der Waals surface area contributed by atoms with Crippen molar-refractivity contribution in [2.45, 2.75) is 30.6 Å². The molecule has 176 valence electrons. The van der Waals surface area contributed by atoms with E-state index in [4.69, 9.17) is 4.74 Å². The molecule has 0 saturated carbocycles. The van der Waals surface area contributed by atoms with Crippen LogP contribution in [0.1, 0.15) is 36.0 Å². The smallest absolute Gasteiger partial charge is 0.253 e. The molecule has 0 atom stereocenters. The van der Waals surface area contributed by atoms with E-state index in [9.17, 15) is 18.0 Å². The highest BCUT2D eigenvalue weighted by Gasteiger charge is 2.32. The summed E-state index contributed by atoms with van der Waals surface area (Å²) in [5.74, 6) is 0.212. The molecule has 0 bridgehead atoms. The van der Waals surface area contributed by atoms with Gasteiger partial charge in [-0.05, 0) is 43.9 Å². The lowest BCUT2D eigenvalue weighted by Gasteiger charge is -2.35. The van der Waals surface area contributed by atoms with Gasteiger partial charge in [0.25, 0.3) is 5.91 Å². The van der Waals surface area contributed by atoms with E-state index in [0.717, 1.165) is 38.8 Å². The molecule has 3 aliphatic rings. The zero-order chi connectivity index (χ0) is 22.7. The van der Waals surface area contributed by atoms with Crippen LogP contribution in [-0.4, -0.2) is 105 Å². The van der Waals surface area contributed by atoms with Crippen molar-refractivity contribution in [2.24, 2.45) is 0 Å². The Kier molecular flexibility index (Phi) is 7.02. The van der Waals surface area contributed by atoms with Gasteiger partial charge in [0.1, 0.15) is 10.6 Å². The van der Waals surface area contributed by atoms with Crippen molar-refractivity contribution in [1.29, 1.82) is 0 Å². The van der Waals surface area contributed by atoms with Crippen molar-refractivity contribution in [1.82, 2.24) is 19.0 Å². The number of carbonyl (C=O) groups excluding carboxylic acids is 2. The molecular weight excluding hydrogens is 432 g/mol. The fraction of sp³-hybridized carbons (Fsp3) is 0.636. The lowest BCUT2D eigenvalue weighted by atomic mass is 10.1. The molecule has 3 saturated heterocycles. The summed E-state index contributed by atoms with van der Waals surface area (Å²) in [6.07, 6.45) is 3.83. The molecule has 0 N–H and O–H groups in total. The number of hydrogen-bond acceptors (Lipinski definition) is 6. The number of methoxy groups -OCH3 is 1. The Morgan fingerprint density at radius 1 is 0.875 bits per heavy atom. The van der Waals surface area contributed by atoms with Gasteiger partial charge >= 0.3 is 0 Å². The van der Waals surface area contributed by atoms with Crippen LogP contribution in [0.5, 0.6) is 5.75 Å². The Morgan fingerprint density at radius 3 is 2.12 bits per heavy atom. The number of sulfonamides is 1. The summed E-state index contributed by atoms with van der Waals surface area (Å²) in [5.41, 5.74) is 0.338. The second-order valence-electron chi connectivity index (χ2n) is 8.63. The second-order valence-corrected chi connectivity index (χ2v) is 10.5. The highest BCUT2D eigenvalue weighted by Crippen LogP contribution is 2.30. The van der Waals surface area contributed by atoms with Gasteiger partial charge in [-0.3, -0.25) is 14.5 Å². The molecule has 3 fully saturated rings. The molecule has 32 heavy (non-hydrogen) atoms. The van der Waals surface area contributed by atoms with Crippen molar-refractivity contribution >= 4 is 21.8 Å². The van der Waals surface area contributed by atoms with Crippen molar-refractivity contribution < 1.29 is 22.7 Å². The fourth-order valence-electron chi connectivity index (χ4n) is 4.63. The van der Waals surface area contributed by atoms with Gasteiger partial charge < -0.3 is 14.5 Å². The third kappa shape index (κ3) is 4.77. The van der Waals surface area contributed by atoms with Gasteiger partial charge in [-0.15, -0.1) is 0 Å². The molecule has 4 rings (SSSR count). The summed E-state index contributed by atoms with van der Waals surface area (Å²) in [6.45, 7) is 5.32. The van der Waals surface area contributed by atoms with Crippen LogP contribution < -0.4 is 4.74 Å². The Hall–Kier alpha value is -2.17. The minimum Gasteiger partial charge on any atom is -0.495 e. The summed E-state index contributed by atoms with van der Waals surface area (Å²) in [6, 6.07) is 4.62. The number of likely N-dealkylation sites (tertiary alicyclic amines) is 1. The highest BCUT2D eigenvalue weighted by atomic mass is 32.2. The van der Waals surface area contributed by atoms with Crippen LogP contribution >= 0.6 is 0 Å². The SMILES string of the molecule is COc1ccc(C(=O)N2CCN(CC(=O)N3CCCC3)CC2)cc1S(=O)(=O)N1CCCC1. The number of carbonyl (C=O) groups is 2. The summed E-state index contributed by atoms with van der Waals surface area (Å²) in [7, 11) is -2.28. The van der Waals surface area contributed by atoms with E-state index in [1.54, 1.807) is 17.0 Å². The normalized spacial score (nSPS) is 20.7. The van der Waals surface area contributed by atoms with Gasteiger partial charge in [0.05, 0.1) is 13.7 Å². The molecule has 3 heterocycles. The van der Waals surface area contributed by atoms with Crippen molar-refractivity contribution in [2.75, 3.05) is 66.0 Å². The maximum atomic E-state index is 13.1. The Morgan fingerprint density at radius 2 is 1.50 bits per heavy atom. The van der Waals surface area contributed by atoms with Gasteiger partial charge in [0, 0.05) is 57.9 Å². The molecule has 0 aliphatic carbocycles. The molecule has 0 radical (unpaired) electrons. The zero-order valence-electron chi connectivity index (χ0n) is 18.7. The first-order chi connectivity index (χ1) is 15.4. The minimum atomic E-state index is -3.71. The average molecular weight is 465 g/mol. The summed E-state index contributed by atoms with van der Waals surface area (Å²) in [4.78, 5) is 31.3. The largest absolute Gasteiger partial charge is 0.495 e. The third-order valence-corrected chi connectivity index (χ3v) is 8.49. The molecular formula is C22H32N4O5S. The van der Waals surface area contributed by atoms with Gasteiger partial charge in [0.15, 0.2) is 0 Å². The molecule has 0 aromatic heterocycles. The second kappa shape index (κ2) is 9.76. The van der Waals surface area contributed by atoms with Gasteiger partial charge in [0.2, 0.25) is 15.9 Å². The summed E-state index contributed by atoms with van der Waals surface area (Å²) in [5, 5.41) is 0. The molecule has 1 aromatic carbocycles. The highest BCUT2D eigenvalue weighted by molar-refractivity contribution is 7.89. The number of rotatable bonds is 6. The van der Waals surface area contributed by atoms with Gasteiger partial charge in [-0.25, -0.2) is 8.42 Å². The molecule has 0 spiro atoms. The van der Waals surface area contributed by atoms with Gasteiger partial charge in [-0.1, -0.05) is 0 Å². The van der Waals surface area contributed by atoms with Gasteiger partial charge in [-0.2, -0.15) is 4.31 Å². The Balaban J connectivity index is 1.42. The quantitative estimate of drug-likeness (QED) is 0.620. The van der Waals surface area contributed by atoms with E-state index in [1.807, 2.05) is 4.90 Å². The monoisotopic (exact) mass is 464 g/mol. The van der Waals surface area contributed by atoms with E-state index < -0.39 is 10.0 Å². The maximum Gasteiger partial charge on any atom is 0.253 e. The van der Waals surface area contributed by atoms with Crippen LogP contribution in [0.4, 0.5) is 0 Å². The molecule has 3 aliphatic heterocycles. The first-order valence-electron chi connectivity index (χ1n) is 11.4. The number of piperazine rings is 1. The lowest BCUT2D eigenvalue weighted by Crippen LogP contribution is -2.51. The average Bonchev–Trinajstić information content (AvgIpc) is 3.53. The van der Waals surface area contributed by atoms with Crippen LogP contribution in [0.3, 0.4) is 0 Å². The van der Waals surface area contributed by atoms with Crippen molar-refractivity contribution in [3.63, 3.8) is 0 Å². The standard InChI is InChI=1S/C22H32N4O5S/c1-31-19-7-6-18(16-20(19)32(29,30)26-10-4-5-11-26)22(28)25-14-12-23(13-15-25)17-21(27)24-8-2-3-9-24/h6-7,16H,2-5,8-15,17H2,1H3. The predicted octanol–water partition coefficient (Wildman–Crippen LogP) is 0.860. The zero-order valence-corrected chi connectivity index (χ0v) is 19.5. The summed E-state index contributed by atoms with van der Waals surface area (Å²) < 4.78 is 32.9. The third-order valence-electron chi connectivity index (χ3n) is 6.57. The van der Waals surface area contributed by atoms with E-state index in [-0.39, 0.29) is 22.5 Å². The van der Waals surface area contributed by atoms with E-state index in [1.165, 1.54) is 17.5 Å². The van der Waals surface area contributed by atoms with E-state index in [0.29, 0.717) is 51.4 Å². The fourth-order valence-corrected chi connectivity index (χ4v) is 6.33. The molecule has 1 aromatic rings. The van der Waals surface area contributed by atoms with Crippen LogP contribution in [0.25, 0.3) is 0 Å². The number of nitrogens with zero attached hydrogens (tertiary/aromatic N) is 4. The van der Waals surface area contributed by atoms with E-state index >= 15 is 0 Å². The van der Waals surface area contributed by atoms with Crippen LogP contribution in [0.15, 0.2) is 23.1 Å². The topological polar surface area (TPSA) is 90.5 Å². The van der Waals surface area contributed by atoms with Crippen molar-refractivity contribution in [3.05, 3.63) is 23.8 Å². The first-order valence-corrected chi connectivity index (χ1v) is 12.8. The number of benzene rings is 1. The first kappa shape index (κ1) is 23.0. The van der Waals surface area contributed by atoms with Crippen LogP contribution in [0, 0.1) is 0 Å². The van der Waals surface area contributed by atoms with Crippen LogP contribution in [-0.2, 0) is 14.8 Å². The van der Waals surface area contributed by atoms with Crippen molar-refractivity contribution in [3.8, 4) is 5.75 Å². The summed E-state index contributed by atoms with van der Waals surface area (Å²) >= 11 is 0. The number of ether oxygens (including phenoxy) is 1. The van der Waals surface area contributed by atoms with Crippen LogP contribution in [0.2, 0.25) is 0 Å². The molecule has 0 unspecified atom stereocenters. The predicted molar refractivity (Wildman–Crippen MR) is 119 cm³/mol. The molecule has 2 amide bonds. The Bertz CT molecular complexity index is 947. The van der Waals surface area contributed by atoms with E-state index in [2.05, 4.69) is 4.90 Å². The minimum absolute atomic E-state index is 0.0441. The Labute approximate surface area is 189 Å². The number of hydrogen-bond donors (Lipinski definition) is 0. The number of amides is 2. The molecule has 10 heteroatoms. The molecule has 9 nitrogen and oxygen atoms in total.